The molecule has 1 aromatic carbocycles. The summed E-state index contributed by atoms with van der Waals surface area (Å²) in [6, 6.07) is 4.82. The molecule has 1 aromatic rings. The minimum absolute atomic E-state index is 0.0280. The molecule has 2 rings (SSSR count). The second-order valence-corrected chi connectivity index (χ2v) is 6.96. The molecule has 0 spiro atoms. The number of halogens is 3. The Morgan fingerprint density at radius 3 is 2.35 bits per heavy atom. The number of alkyl halides is 3. The summed E-state index contributed by atoms with van der Waals surface area (Å²) in [6.45, 7) is 3.95. The maximum atomic E-state index is 12.9. The van der Waals surface area contributed by atoms with Crippen molar-refractivity contribution in [1.82, 2.24) is 4.90 Å². The van der Waals surface area contributed by atoms with Gasteiger partial charge in [-0.25, -0.2) is 0 Å². The maximum absolute atomic E-state index is 12.9. The summed E-state index contributed by atoms with van der Waals surface area (Å²) in [7, 11) is 0. The fourth-order valence-electron chi connectivity index (χ4n) is 3.37. The lowest BCUT2D eigenvalue weighted by Crippen LogP contribution is -2.49. The van der Waals surface area contributed by atoms with Crippen LogP contribution in [0.15, 0.2) is 24.3 Å². The highest BCUT2D eigenvalue weighted by atomic mass is 19.4. The number of hydrogen-bond acceptors (Lipinski definition) is 2. The Balaban J connectivity index is 2.09. The van der Waals surface area contributed by atoms with Crippen molar-refractivity contribution in [2.24, 2.45) is 11.8 Å². The van der Waals surface area contributed by atoms with Crippen LogP contribution in [0, 0.1) is 11.8 Å². The summed E-state index contributed by atoms with van der Waals surface area (Å²) in [5, 5.41) is 9.22. The lowest BCUT2D eigenvalue weighted by molar-refractivity contribution is -0.148. The van der Waals surface area contributed by atoms with E-state index in [-0.39, 0.29) is 24.4 Å². The first-order chi connectivity index (χ1) is 12.1. The van der Waals surface area contributed by atoms with E-state index in [1.807, 2.05) is 13.8 Å². The zero-order chi connectivity index (χ0) is 19.5. The predicted octanol–water partition coefficient (Wildman–Crippen LogP) is 3.99. The minimum Gasteiger partial charge on any atom is -0.481 e. The molecule has 1 aliphatic rings. The zero-order valence-electron chi connectivity index (χ0n) is 14.9. The van der Waals surface area contributed by atoms with Crippen molar-refractivity contribution in [3.8, 4) is 0 Å². The smallest absolute Gasteiger partial charge is 0.416 e. The van der Waals surface area contributed by atoms with E-state index in [1.165, 1.54) is 12.1 Å². The van der Waals surface area contributed by atoms with Crippen LogP contribution in [0.25, 0.3) is 0 Å². The molecule has 1 saturated heterocycles. The molecular formula is C19H24F3NO3. The number of likely N-dealkylation sites (tertiary alicyclic amines) is 1. The summed E-state index contributed by atoms with van der Waals surface area (Å²) >= 11 is 0. The van der Waals surface area contributed by atoms with Gasteiger partial charge in [-0.05, 0) is 50.3 Å². The number of nitrogens with zero attached hydrogens (tertiary/aromatic N) is 1. The number of hydrogen-bond donors (Lipinski definition) is 1. The Morgan fingerprint density at radius 1 is 1.23 bits per heavy atom. The van der Waals surface area contributed by atoms with E-state index in [0.717, 1.165) is 12.1 Å². The molecule has 0 radical (unpaired) electrons. The van der Waals surface area contributed by atoms with Crippen molar-refractivity contribution in [3.63, 3.8) is 0 Å². The van der Waals surface area contributed by atoms with Gasteiger partial charge in [0.15, 0.2) is 0 Å². The summed E-state index contributed by atoms with van der Waals surface area (Å²) in [4.78, 5) is 25.8. The molecule has 0 saturated carbocycles. The number of benzene rings is 1. The van der Waals surface area contributed by atoms with Gasteiger partial charge in [0.2, 0.25) is 5.91 Å². The molecule has 3 atom stereocenters. The van der Waals surface area contributed by atoms with Crippen LogP contribution in [0.5, 0.6) is 0 Å². The first-order valence-electron chi connectivity index (χ1n) is 8.82. The van der Waals surface area contributed by atoms with Gasteiger partial charge in [-0.1, -0.05) is 19.1 Å². The number of carbonyl (C=O) groups excluding carboxylic acids is 1. The number of aliphatic carboxylic acids is 1. The van der Waals surface area contributed by atoms with Gasteiger partial charge in [0.25, 0.3) is 0 Å². The average Bonchev–Trinajstić information content (AvgIpc) is 2.59. The van der Waals surface area contributed by atoms with Gasteiger partial charge in [-0.3, -0.25) is 9.59 Å². The number of carboxylic acids is 1. The molecule has 0 bridgehead atoms. The van der Waals surface area contributed by atoms with Crippen molar-refractivity contribution < 1.29 is 27.9 Å². The molecule has 1 N–H and O–H groups in total. The highest BCUT2D eigenvalue weighted by Gasteiger charge is 2.35. The largest absolute Gasteiger partial charge is 0.481 e. The molecule has 26 heavy (non-hydrogen) atoms. The quantitative estimate of drug-likeness (QED) is 0.852. The monoisotopic (exact) mass is 371 g/mol. The topological polar surface area (TPSA) is 57.6 Å². The predicted molar refractivity (Wildman–Crippen MR) is 90.5 cm³/mol. The van der Waals surface area contributed by atoms with Crippen LogP contribution in [-0.4, -0.2) is 34.5 Å². The third kappa shape index (κ3) is 4.77. The first kappa shape index (κ1) is 20.3. The van der Waals surface area contributed by atoms with E-state index >= 15 is 0 Å². The number of amides is 1. The molecule has 3 unspecified atom stereocenters. The number of carboxylic acid groups (broad SMARTS) is 1. The van der Waals surface area contributed by atoms with E-state index in [4.69, 9.17) is 0 Å². The van der Waals surface area contributed by atoms with Crippen LogP contribution < -0.4 is 0 Å². The third-order valence-corrected chi connectivity index (χ3v) is 5.12. The van der Waals surface area contributed by atoms with Crippen molar-refractivity contribution in [1.29, 1.82) is 0 Å². The Bertz CT molecular complexity index is 642. The van der Waals surface area contributed by atoms with Crippen molar-refractivity contribution in [3.05, 3.63) is 35.4 Å². The average molecular weight is 371 g/mol. The summed E-state index contributed by atoms with van der Waals surface area (Å²) < 4.78 is 38.0. The fourth-order valence-corrected chi connectivity index (χ4v) is 3.37. The van der Waals surface area contributed by atoms with Gasteiger partial charge >= 0.3 is 12.1 Å². The Hall–Kier alpha value is -2.05. The van der Waals surface area contributed by atoms with Crippen LogP contribution in [0.2, 0.25) is 0 Å². The lowest BCUT2D eigenvalue weighted by atomic mass is 9.89. The summed E-state index contributed by atoms with van der Waals surface area (Å²) in [6.07, 6.45) is -2.31. The van der Waals surface area contributed by atoms with Crippen molar-refractivity contribution >= 4 is 11.9 Å². The summed E-state index contributed by atoms with van der Waals surface area (Å²) in [5.41, 5.74) is -0.0489. The number of carbonyl (C=O) groups is 2. The normalized spacial score (nSPS) is 22.1. The van der Waals surface area contributed by atoms with E-state index in [2.05, 4.69) is 0 Å². The van der Waals surface area contributed by atoms with Crippen molar-refractivity contribution in [2.45, 2.75) is 51.7 Å². The SMILES string of the molecule is CCC(Cc1ccc(C(F)(F)F)cc1)C(=O)N1CC(C(=O)O)CCC1C. The van der Waals surface area contributed by atoms with Crippen LogP contribution in [0.1, 0.15) is 44.2 Å². The Kier molecular flexibility index (Phi) is 6.31. The van der Waals surface area contributed by atoms with E-state index in [0.29, 0.717) is 31.2 Å². The Morgan fingerprint density at radius 2 is 1.85 bits per heavy atom. The van der Waals surface area contributed by atoms with Crippen molar-refractivity contribution in [2.75, 3.05) is 6.54 Å². The number of piperidine rings is 1. The minimum atomic E-state index is -4.38. The van der Waals surface area contributed by atoms with E-state index < -0.39 is 23.6 Å². The third-order valence-electron chi connectivity index (χ3n) is 5.12. The molecule has 1 fully saturated rings. The standard InChI is InChI=1S/C19H24F3NO3/c1-3-14(10-13-5-8-16(9-6-13)19(20,21)22)17(24)23-11-15(18(25)26)7-4-12(23)2/h5-6,8-9,12,14-15H,3-4,7,10-11H2,1-2H3,(H,25,26). The van der Waals surface area contributed by atoms with Crippen LogP contribution in [-0.2, 0) is 22.2 Å². The summed E-state index contributed by atoms with van der Waals surface area (Å²) in [5.74, 6) is -1.95. The molecule has 1 amide bonds. The van der Waals surface area contributed by atoms with Crippen LogP contribution in [0.4, 0.5) is 13.2 Å². The van der Waals surface area contributed by atoms with Gasteiger partial charge in [0.05, 0.1) is 11.5 Å². The van der Waals surface area contributed by atoms with Crippen LogP contribution in [0.3, 0.4) is 0 Å². The fraction of sp³-hybridized carbons (Fsp3) is 0.579. The maximum Gasteiger partial charge on any atom is 0.416 e. The van der Waals surface area contributed by atoms with Gasteiger partial charge < -0.3 is 10.0 Å². The van der Waals surface area contributed by atoms with Gasteiger partial charge in [0, 0.05) is 18.5 Å². The highest BCUT2D eigenvalue weighted by molar-refractivity contribution is 5.80. The van der Waals surface area contributed by atoms with E-state index in [1.54, 1.807) is 4.90 Å². The molecule has 0 aromatic heterocycles. The molecular weight excluding hydrogens is 347 g/mol. The second-order valence-electron chi connectivity index (χ2n) is 6.96. The van der Waals surface area contributed by atoms with E-state index in [9.17, 15) is 27.9 Å². The van der Waals surface area contributed by atoms with Crippen LogP contribution >= 0.6 is 0 Å². The highest BCUT2D eigenvalue weighted by Crippen LogP contribution is 2.30. The molecule has 4 nitrogen and oxygen atoms in total. The second kappa shape index (κ2) is 8.10. The molecule has 144 valence electrons. The lowest BCUT2D eigenvalue weighted by Gasteiger charge is -2.38. The van der Waals surface area contributed by atoms with Gasteiger partial charge in [0.1, 0.15) is 0 Å². The Labute approximate surface area is 151 Å². The number of rotatable bonds is 5. The zero-order valence-corrected chi connectivity index (χ0v) is 14.9. The van der Waals surface area contributed by atoms with Gasteiger partial charge in [-0.2, -0.15) is 13.2 Å². The molecule has 7 heteroatoms. The molecule has 1 aliphatic heterocycles. The molecule has 1 heterocycles. The molecule has 0 aliphatic carbocycles. The van der Waals surface area contributed by atoms with Gasteiger partial charge in [-0.15, -0.1) is 0 Å². The first-order valence-corrected chi connectivity index (χ1v) is 8.82.